The maximum atomic E-state index is 11.9. The van der Waals surface area contributed by atoms with E-state index in [4.69, 9.17) is 0 Å². The Labute approximate surface area is 112 Å². The Morgan fingerprint density at radius 1 is 1.47 bits per heavy atom. The molecular formula is C13H18N4O2. The quantitative estimate of drug-likeness (QED) is 0.837. The second-order valence-corrected chi connectivity index (χ2v) is 5.03. The van der Waals surface area contributed by atoms with Gasteiger partial charge in [-0.05, 0) is 19.4 Å². The number of nitrogens with one attached hydrogen (secondary N) is 1. The lowest BCUT2D eigenvalue weighted by atomic mass is 10.2. The molecule has 1 aromatic heterocycles. The summed E-state index contributed by atoms with van der Waals surface area (Å²) in [6.07, 6.45) is 5.29. The molecule has 1 saturated heterocycles. The molecule has 1 N–H and O–H groups in total. The van der Waals surface area contributed by atoms with Gasteiger partial charge in [-0.3, -0.25) is 9.59 Å². The summed E-state index contributed by atoms with van der Waals surface area (Å²) >= 11 is 0. The molecule has 1 fully saturated rings. The van der Waals surface area contributed by atoms with Crippen molar-refractivity contribution in [3.05, 3.63) is 24.3 Å². The zero-order valence-electron chi connectivity index (χ0n) is 11.2. The molecule has 6 nitrogen and oxygen atoms in total. The van der Waals surface area contributed by atoms with E-state index >= 15 is 0 Å². The van der Waals surface area contributed by atoms with Crippen LogP contribution in [-0.2, 0) is 16.0 Å². The lowest BCUT2D eigenvalue weighted by molar-refractivity contribution is -0.129. The molecule has 0 saturated carbocycles. The van der Waals surface area contributed by atoms with Crippen LogP contribution in [0.1, 0.15) is 25.8 Å². The van der Waals surface area contributed by atoms with Crippen LogP contribution in [0.4, 0.5) is 0 Å². The fraction of sp³-hybridized carbons (Fsp3) is 0.538. The highest BCUT2D eigenvalue weighted by Gasteiger charge is 2.31. The van der Waals surface area contributed by atoms with E-state index < -0.39 is 0 Å². The third kappa shape index (κ3) is 3.49. The third-order valence-corrected chi connectivity index (χ3v) is 3.13. The normalized spacial score (nSPS) is 19.0. The highest BCUT2D eigenvalue weighted by atomic mass is 16.2. The molecular weight excluding hydrogens is 244 g/mol. The fourth-order valence-corrected chi connectivity index (χ4v) is 2.21. The SMILES string of the molecule is CC(C)N1CC(NC(=O)Cc2cncnc2)CC1=O. The first-order valence-electron chi connectivity index (χ1n) is 6.39. The van der Waals surface area contributed by atoms with E-state index in [1.165, 1.54) is 6.33 Å². The van der Waals surface area contributed by atoms with Crippen molar-refractivity contribution in [1.29, 1.82) is 0 Å². The lowest BCUT2D eigenvalue weighted by Crippen LogP contribution is -2.39. The van der Waals surface area contributed by atoms with Gasteiger partial charge in [-0.1, -0.05) is 0 Å². The summed E-state index contributed by atoms with van der Waals surface area (Å²) in [5.41, 5.74) is 0.769. The Bertz CT molecular complexity index is 461. The van der Waals surface area contributed by atoms with E-state index in [0.29, 0.717) is 13.0 Å². The van der Waals surface area contributed by atoms with Gasteiger partial charge in [-0.15, -0.1) is 0 Å². The van der Waals surface area contributed by atoms with Crippen molar-refractivity contribution < 1.29 is 9.59 Å². The van der Waals surface area contributed by atoms with Gasteiger partial charge in [-0.2, -0.15) is 0 Å². The van der Waals surface area contributed by atoms with Crippen LogP contribution in [0.25, 0.3) is 0 Å². The van der Waals surface area contributed by atoms with E-state index in [1.807, 2.05) is 13.8 Å². The van der Waals surface area contributed by atoms with Gasteiger partial charge in [0.2, 0.25) is 11.8 Å². The highest BCUT2D eigenvalue weighted by Crippen LogP contribution is 2.14. The van der Waals surface area contributed by atoms with Crippen LogP contribution >= 0.6 is 0 Å². The minimum Gasteiger partial charge on any atom is -0.351 e. The summed E-state index contributed by atoms with van der Waals surface area (Å²) in [6.45, 7) is 4.54. The molecule has 19 heavy (non-hydrogen) atoms. The number of nitrogens with zero attached hydrogens (tertiary/aromatic N) is 3. The Hall–Kier alpha value is -1.98. The van der Waals surface area contributed by atoms with Crippen molar-refractivity contribution in [3.63, 3.8) is 0 Å². The molecule has 0 spiro atoms. The Morgan fingerprint density at radius 2 is 2.16 bits per heavy atom. The number of likely N-dealkylation sites (tertiary alicyclic amines) is 1. The maximum Gasteiger partial charge on any atom is 0.225 e. The Kier molecular flexibility index (Phi) is 4.09. The van der Waals surface area contributed by atoms with Gasteiger partial charge in [0.25, 0.3) is 0 Å². The number of amides is 2. The zero-order valence-corrected chi connectivity index (χ0v) is 11.2. The van der Waals surface area contributed by atoms with E-state index in [-0.39, 0.29) is 30.3 Å². The largest absolute Gasteiger partial charge is 0.351 e. The molecule has 2 heterocycles. The first-order valence-corrected chi connectivity index (χ1v) is 6.39. The molecule has 1 aliphatic rings. The molecule has 6 heteroatoms. The van der Waals surface area contributed by atoms with Crippen molar-refractivity contribution in [2.24, 2.45) is 0 Å². The number of carbonyl (C=O) groups excluding carboxylic acids is 2. The lowest BCUT2D eigenvalue weighted by Gasteiger charge is -2.21. The zero-order chi connectivity index (χ0) is 13.8. The first-order chi connectivity index (χ1) is 9.06. The standard InChI is InChI=1S/C13H18N4O2/c1-9(2)17-7-11(4-13(17)19)16-12(18)3-10-5-14-8-15-6-10/h5-6,8-9,11H,3-4,7H2,1-2H3,(H,16,18). The summed E-state index contributed by atoms with van der Waals surface area (Å²) in [7, 11) is 0. The van der Waals surface area contributed by atoms with Gasteiger partial charge >= 0.3 is 0 Å². The second-order valence-electron chi connectivity index (χ2n) is 5.03. The van der Waals surface area contributed by atoms with Gasteiger partial charge < -0.3 is 10.2 Å². The van der Waals surface area contributed by atoms with E-state index in [1.54, 1.807) is 17.3 Å². The maximum absolute atomic E-state index is 11.9. The van der Waals surface area contributed by atoms with Gasteiger partial charge in [0.15, 0.2) is 0 Å². The smallest absolute Gasteiger partial charge is 0.225 e. The fourth-order valence-electron chi connectivity index (χ4n) is 2.21. The number of rotatable bonds is 4. The van der Waals surface area contributed by atoms with Crippen LogP contribution < -0.4 is 5.32 Å². The molecule has 102 valence electrons. The molecule has 1 aromatic rings. The van der Waals surface area contributed by atoms with Crippen LogP contribution in [0.15, 0.2) is 18.7 Å². The summed E-state index contributed by atoms with van der Waals surface area (Å²) in [5.74, 6) is 0.00144. The number of hydrogen-bond acceptors (Lipinski definition) is 4. The second kappa shape index (κ2) is 5.77. The average molecular weight is 262 g/mol. The minimum absolute atomic E-state index is 0.0907. The topological polar surface area (TPSA) is 75.2 Å². The van der Waals surface area contributed by atoms with Crippen LogP contribution in [-0.4, -0.2) is 45.3 Å². The molecule has 2 rings (SSSR count). The average Bonchev–Trinajstić information content (AvgIpc) is 2.71. The van der Waals surface area contributed by atoms with Gasteiger partial charge in [0.1, 0.15) is 6.33 Å². The van der Waals surface area contributed by atoms with Crippen LogP contribution in [0.2, 0.25) is 0 Å². The highest BCUT2D eigenvalue weighted by molar-refractivity contribution is 5.83. The molecule has 0 bridgehead atoms. The molecule has 1 atom stereocenters. The van der Waals surface area contributed by atoms with Gasteiger partial charge in [-0.25, -0.2) is 9.97 Å². The first kappa shape index (κ1) is 13.5. The van der Waals surface area contributed by atoms with Crippen LogP contribution in [0.5, 0.6) is 0 Å². The Balaban J connectivity index is 1.86. The van der Waals surface area contributed by atoms with E-state index in [2.05, 4.69) is 15.3 Å². The van der Waals surface area contributed by atoms with Crippen molar-refractivity contribution in [2.75, 3.05) is 6.54 Å². The monoisotopic (exact) mass is 262 g/mol. The van der Waals surface area contributed by atoms with Crippen LogP contribution in [0.3, 0.4) is 0 Å². The van der Waals surface area contributed by atoms with Gasteiger partial charge in [0.05, 0.1) is 12.5 Å². The molecule has 0 aromatic carbocycles. The number of carbonyl (C=O) groups is 2. The molecule has 0 radical (unpaired) electrons. The third-order valence-electron chi connectivity index (χ3n) is 3.13. The van der Waals surface area contributed by atoms with Crippen molar-refractivity contribution in [3.8, 4) is 0 Å². The molecule has 0 aliphatic carbocycles. The van der Waals surface area contributed by atoms with E-state index in [9.17, 15) is 9.59 Å². The van der Waals surface area contributed by atoms with E-state index in [0.717, 1.165) is 5.56 Å². The summed E-state index contributed by atoms with van der Waals surface area (Å²) in [4.78, 5) is 33.1. The molecule has 2 amide bonds. The molecule has 1 unspecified atom stereocenters. The van der Waals surface area contributed by atoms with Gasteiger partial charge in [0, 0.05) is 31.4 Å². The van der Waals surface area contributed by atoms with Crippen LogP contribution in [0, 0.1) is 0 Å². The predicted octanol–water partition coefficient (Wildman–Crippen LogP) is 0.145. The number of aromatic nitrogens is 2. The van der Waals surface area contributed by atoms with Crippen molar-refractivity contribution >= 4 is 11.8 Å². The summed E-state index contributed by atoms with van der Waals surface area (Å²) in [5, 5.41) is 2.89. The molecule has 1 aliphatic heterocycles. The minimum atomic E-state index is -0.0989. The van der Waals surface area contributed by atoms with Crippen molar-refractivity contribution in [2.45, 2.75) is 38.8 Å². The van der Waals surface area contributed by atoms with Crippen molar-refractivity contribution in [1.82, 2.24) is 20.2 Å². The number of hydrogen-bond donors (Lipinski definition) is 1. The predicted molar refractivity (Wildman–Crippen MR) is 69.1 cm³/mol. The summed E-state index contributed by atoms with van der Waals surface area (Å²) < 4.78 is 0. The summed E-state index contributed by atoms with van der Waals surface area (Å²) in [6, 6.07) is 0.0870. The Morgan fingerprint density at radius 3 is 2.74 bits per heavy atom.